The molecule has 2 rings (SSSR count). The van der Waals surface area contributed by atoms with E-state index < -0.39 is 35.2 Å². The van der Waals surface area contributed by atoms with Crippen LogP contribution < -0.4 is 16.0 Å². The predicted molar refractivity (Wildman–Crippen MR) is 130 cm³/mol. The van der Waals surface area contributed by atoms with E-state index in [1.54, 1.807) is 35.5 Å². The first-order chi connectivity index (χ1) is 17.0. The summed E-state index contributed by atoms with van der Waals surface area (Å²) in [5, 5.41) is 25.8. The van der Waals surface area contributed by atoms with Crippen LogP contribution in [0.4, 0.5) is 24.9 Å². The maximum Gasteiger partial charge on any atom is 0.405 e. The fraction of sp³-hybridized carbons (Fsp3) is 0.682. The van der Waals surface area contributed by atoms with Crippen LogP contribution in [-0.4, -0.2) is 80.9 Å². The molecule has 0 bridgehead atoms. The van der Waals surface area contributed by atoms with Crippen molar-refractivity contribution in [1.29, 1.82) is 5.26 Å². The zero-order chi connectivity index (χ0) is 26.9. The predicted octanol–water partition coefficient (Wildman–Crippen LogP) is 2.21. The molecule has 1 aromatic rings. The lowest BCUT2D eigenvalue weighted by molar-refractivity contribution is -0.140. The third-order valence-electron chi connectivity index (χ3n) is 5.62. The summed E-state index contributed by atoms with van der Waals surface area (Å²) < 4.78 is 37.2. The topological polar surface area (TPSA) is 143 Å². The summed E-state index contributed by atoms with van der Waals surface area (Å²) in [5.41, 5.74) is 0. The Morgan fingerprint density at radius 2 is 2.11 bits per heavy atom. The molecule has 0 aliphatic carbocycles. The van der Waals surface area contributed by atoms with Crippen LogP contribution in [-0.2, 0) is 9.59 Å². The standard InChI is InChI=1S/C22H32F3N7O3S/c1-4-32-18(9-14(10-26)19(34)29-12-22(23,24)25)36-16(20(32)35)5-7-27-21-28-8-6-17(31-21)30-15(11-33)13(2)3/h6,8,13-16,18,33H,4-5,7,9,11-12H2,1-3H3,(H,29,34)(H2,27,28,30,31)/t14?,15-,16?,18?/m0/s1. The van der Waals surface area contributed by atoms with E-state index >= 15 is 0 Å². The number of nitrogens with zero attached hydrogens (tertiary/aromatic N) is 4. The summed E-state index contributed by atoms with van der Waals surface area (Å²) in [7, 11) is 0. The number of aromatic nitrogens is 2. The molecule has 0 aromatic carbocycles. The number of carbonyl (C=O) groups excluding carboxylic acids is 2. The monoisotopic (exact) mass is 531 g/mol. The minimum absolute atomic E-state index is 0.0445. The zero-order valence-corrected chi connectivity index (χ0v) is 21.2. The molecule has 0 saturated carbocycles. The van der Waals surface area contributed by atoms with E-state index in [1.165, 1.54) is 11.8 Å². The van der Waals surface area contributed by atoms with Crippen molar-refractivity contribution < 1.29 is 27.9 Å². The maximum absolute atomic E-state index is 12.8. The van der Waals surface area contributed by atoms with Gasteiger partial charge in [-0.2, -0.15) is 23.4 Å². The number of aliphatic hydroxyl groups is 1. The highest BCUT2D eigenvalue weighted by molar-refractivity contribution is 8.01. The molecule has 1 aromatic heterocycles. The van der Waals surface area contributed by atoms with Gasteiger partial charge in [0.1, 0.15) is 18.3 Å². The molecule has 2 amide bonds. The van der Waals surface area contributed by atoms with Crippen molar-refractivity contribution in [3.05, 3.63) is 12.3 Å². The summed E-state index contributed by atoms with van der Waals surface area (Å²) in [6.45, 7) is 4.89. The van der Waals surface area contributed by atoms with Crippen molar-refractivity contribution in [3.63, 3.8) is 0 Å². The number of thioether (sulfide) groups is 1. The van der Waals surface area contributed by atoms with Crippen LogP contribution in [0, 0.1) is 23.2 Å². The van der Waals surface area contributed by atoms with E-state index in [4.69, 9.17) is 0 Å². The summed E-state index contributed by atoms with van der Waals surface area (Å²) >= 11 is 1.29. The van der Waals surface area contributed by atoms with Crippen LogP contribution in [0.5, 0.6) is 0 Å². The Morgan fingerprint density at radius 1 is 1.39 bits per heavy atom. The molecule has 1 fully saturated rings. The molecular weight excluding hydrogens is 499 g/mol. The van der Waals surface area contributed by atoms with Crippen molar-refractivity contribution in [3.8, 4) is 6.07 Å². The summed E-state index contributed by atoms with van der Waals surface area (Å²) in [6.07, 6.45) is -2.65. The van der Waals surface area contributed by atoms with Crippen molar-refractivity contribution in [2.75, 3.05) is 36.9 Å². The van der Waals surface area contributed by atoms with Gasteiger partial charge < -0.3 is 26.0 Å². The van der Waals surface area contributed by atoms with Gasteiger partial charge in [-0.05, 0) is 25.3 Å². The number of hydrogen-bond donors (Lipinski definition) is 4. The van der Waals surface area contributed by atoms with Gasteiger partial charge in [0.2, 0.25) is 17.8 Å². The Morgan fingerprint density at radius 3 is 2.69 bits per heavy atom. The molecule has 10 nitrogen and oxygen atoms in total. The molecule has 14 heteroatoms. The van der Waals surface area contributed by atoms with Gasteiger partial charge in [0.15, 0.2) is 0 Å². The Labute approximate surface area is 212 Å². The number of nitrogens with one attached hydrogen (secondary N) is 3. The molecule has 1 saturated heterocycles. The second kappa shape index (κ2) is 13.5. The van der Waals surface area contributed by atoms with Crippen molar-refractivity contribution in [2.24, 2.45) is 11.8 Å². The van der Waals surface area contributed by atoms with Crippen molar-refractivity contribution in [1.82, 2.24) is 20.2 Å². The minimum Gasteiger partial charge on any atom is -0.394 e. The number of halogens is 3. The summed E-state index contributed by atoms with van der Waals surface area (Å²) in [4.78, 5) is 35.0. The molecule has 200 valence electrons. The Balaban J connectivity index is 1.92. The number of aliphatic hydroxyl groups excluding tert-OH is 1. The Hall–Kier alpha value is -2.79. The highest BCUT2D eigenvalue weighted by atomic mass is 32.2. The third-order valence-corrected chi connectivity index (χ3v) is 7.15. The van der Waals surface area contributed by atoms with Crippen LogP contribution in [0.2, 0.25) is 0 Å². The average molecular weight is 532 g/mol. The molecule has 3 unspecified atom stereocenters. The lowest BCUT2D eigenvalue weighted by Gasteiger charge is -2.23. The number of amides is 2. The van der Waals surface area contributed by atoms with Gasteiger partial charge in [0.25, 0.3) is 0 Å². The highest BCUT2D eigenvalue weighted by Crippen LogP contribution is 2.37. The van der Waals surface area contributed by atoms with Gasteiger partial charge in [-0.25, -0.2) is 4.98 Å². The van der Waals surface area contributed by atoms with Gasteiger partial charge in [-0.1, -0.05) is 13.8 Å². The second-order valence-electron chi connectivity index (χ2n) is 8.61. The van der Waals surface area contributed by atoms with Crippen LogP contribution >= 0.6 is 11.8 Å². The fourth-order valence-corrected chi connectivity index (χ4v) is 5.15. The SMILES string of the molecule is CCN1C(=O)C(CCNc2nccc(N[C@@H](CO)C(C)C)n2)SC1CC(C#N)C(=O)NCC(F)(F)F. The minimum atomic E-state index is -4.57. The molecule has 4 atom stereocenters. The first-order valence-electron chi connectivity index (χ1n) is 11.6. The van der Waals surface area contributed by atoms with E-state index in [0.29, 0.717) is 31.3 Å². The molecule has 0 spiro atoms. The Bertz CT molecular complexity index is 929. The lowest BCUT2D eigenvalue weighted by Crippen LogP contribution is -2.40. The van der Waals surface area contributed by atoms with E-state index in [0.717, 1.165) is 0 Å². The quantitative estimate of drug-likeness (QED) is 0.301. The molecule has 1 aliphatic rings. The molecule has 0 radical (unpaired) electrons. The number of alkyl halides is 3. The van der Waals surface area contributed by atoms with E-state index in [-0.39, 0.29) is 30.9 Å². The van der Waals surface area contributed by atoms with Crippen LogP contribution in [0.3, 0.4) is 0 Å². The van der Waals surface area contributed by atoms with Crippen molar-refractivity contribution >= 4 is 35.3 Å². The fourth-order valence-electron chi connectivity index (χ4n) is 3.56. The number of hydrogen-bond acceptors (Lipinski definition) is 9. The van der Waals surface area contributed by atoms with E-state index in [2.05, 4.69) is 20.6 Å². The van der Waals surface area contributed by atoms with Crippen LogP contribution in [0.15, 0.2) is 12.3 Å². The van der Waals surface area contributed by atoms with E-state index in [1.807, 2.05) is 13.8 Å². The lowest BCUT2D eigenvalue weighted by atomic mass is 10.1. The molecule has 2 heterocycles. The summed E-state index contributed by atoms with van der Waals surface area (Å²) in [6, 6.07) is 3.28. The number of carbonyl (C=O) groups is 2. The number of rotatable bonds is 13. The summed E-state index contributed by atoms with van der Waals surface area (Å²) in [5.74, 6) is -1.37. The van der Waals surface area contributed by atoms with Gasteiger partial charge in [0.05, 0.1) is 29.3 Å². The number of nitriles is 1. The number of anilines is 2. The maximum atomic E-state index is 12.8. The normalized spacial score (nSPS) is 19.6. The van der Waals surface area contributed by atoms with Gasteiger partial charge >= 0.3 is 6.18 Å². The van der Waals surface area contributed by atoms with Gasteiger partial charge in [-0.15, -0.1) is 11.8 Å². The Kier molecular flexibility index (Phi) is 11.0. The van der Waals surface area contributed by atoms with E-state index in [9.17, 15) is 33.1 Å². The molecule has 1 aliphatic heterocycles. The molecule has 36 heavy (non-hydrogen) atoms. The second-order valence-corrected chi connectivity index (χ2v) is 10.00. The third kappa shape index (κ3) is 8.70. The highest BCUT2D eigenvalue weighted by Gasteiger charge is 2.41. The first kappa shape index (κ1) is 29.4. The smallest absolute Gasteiger partial charge is 0.394 e. The van der Waals surface area contributed by atoms with Crippen LogP contribution in [0.25, 0.3) is 0 Å². The average Bonchev–Trinajstić information content (AvgIpc) is 3.12. The first-order valence-corrected chi connectivity index (χ1v) is 12.6. The van der Waals surface area contributed by atoms with Gasteiger partial charge in [0, 0.05) is 25.7 Å². The van der Waals surface area contributed by atoms with Crippen molar-refractivity contribution in [2.45, 2.75) is 56.5 Å². The molecule has 4 N–H and O–H groups in total. The van der Waals surface area contributed by atoms with Crippen LogP contribution in [0.1, 0.15) is 33.6 Å². The zero-order valence-electron chi connectivity index (χ0n) is 20.4. The largest absolute Gasteiger partial charge is 0.405 e. The van der Waals surface area contributed by atoms with Gasteiger partial charge in [-0.3, -0.25) is 9.59 Å². The molecular formula is C22H32F3N7O3S.